The van der Waals surface area contributed by atoms with Crippen molar-refractivity contribution in [1.29, 1.82) is 0 Å². The summed E-state index contributed by atoms with van der Waals surface area (Å²) in [5, 5.41) is 0. The molecule has 0 amide bonds. The minimum atomic E-state index is 0.586. The van der Waals surface area contributed by atoms with Crippen molar-refractivity contribution in [3.05, 3.63) is 0 Å². The molecule has 0 aromatic rings. The van der Waals surface area contributed by atoms with Crippen LogP contribution in [0.1, 0.15) is 25.7 Å². The highest BCUT2D eigenvalue weighted by Gasteiger charge is 2.56. The van der Waals surface area contributed by atoms with Crippen LogP contribution in [0.5, 0.6) is 0 Å². The summed E-state index contributed by atoms with van der Waals surface area (Å²) < 4.78 is 0. The van der Waals surface area contributed by atoms with E-state index in [0.29, 0.717) is 6.04 Å². The molecule has 2 N–H and O–H groups in total. The molecule has 1 nitrogen and oxygen atoms in total. The van der Waals surface area contributed by atoms with Gasteiger partial charge in [0.25, 0.3) is 0 Å². The van der Waals surface area contributed by atoms with Crippen molar-refractivity contribution < 1.29 is 0 Å². The Hall–Kier alpha value is -0.0400. The summed E-state index contributed by atoms with van der Waals surface area (Å²) in [6, 6.07) is 0.586. The standard InChI is InChI=1S/C9H15N/c10-9-3-5-1-2-6(9)8-4-7(5)8/h5-9H,1-4,10H2/t5-,6?,7+,8?,9-/m1/s1. The highest BCUT2D eigenvalue weighted by molar-refractivity contribution is 5.07. The Morgan fingerprint density at radius 1 is 0.900 bits per heavy atom. The molecular formula is C9H15N. The molecule has 10 heavy (non-hydrogen) atoms. The predicted octanol–water partition coefficient (Wildman–Crippen LogP) is 1.38. The van der Waals surface area contributed by atoms with Crippen LogP contribution in [0.4, 0.5) is 0 Å². The van der Waals surface area contributed by atoms with Crippen molar-refractivity contribution in [3.8, 4) is 0 Å². The van der Waals surface area contributed by atoms with Gasteiger partial charge in [-0.3, -0.25) is 0 Å². The summed E-state index contributed by atoms with van der Waals surface area (Å²) in [7, 11) is 0. The Labute approximate surface area is 62.0 Å². The Balaban J connectivity index is 1.92. The van der Waals surface area contributed by atoms with E-state index in [0.717, 1.165) is 23.7 Å². The third-order valence-corrected chi connectivity index (χ3v) is 4.04. The molecule has 0 radical (unpaired) electrons. The van der Waals surface area contributed by atoms with E-state index < -0.39 is 0 Å². The van der Waals surface area contributed by atoms with Gasteiger partial charge in [-0.1, -0.05) is 0 Å². The third kappa shape index (κ3) is 0.531. The van der Waals surface area contributed by atoms with Crippen LogP contribution in [0.2, 0.25) is 0 Å². The van der Waals surface area contributed by atoms with Crippen LogP contribution in [0.3, 0.4) is 0 Å². The largest absolute Gasteiger partial charge is 0.327 e. The third-order valence-electron chi connectivity index (χ3n) is 4.04. The van der Waals surface area contributed by atoms with Gasteiger partial charge in [0, 0.05) is 6.04 Å². The molecule has 0 aliphatic heterocycles. The predicted molar refractivity (Wildman–Crippen MR) is 40.4 cm³/mol. The molecular weight excluding hydrogens is 122 g/mol. The second-order valence-corrected chi connectivity index (χ2v) is 4.46. The lowest BCUT2D eigenvalue weighted by Crippen LogP contribution is -2.42. The molecule has 4 aliphatic carbocycles. The fourth-order valence-electron chi connectivity index (χ4n) is 3.45. The second kappa shape index (κ2) is 1.58. The van der Waals surface area contributed by atoms with Crippen LogP contribution in [0.25, 0.3) is 0 Å². The number of hydrogen-bond acceptors (Lipinski definition) is 1. The first-order valence-electron chi connectivity index (χ1n) is 4.62. The van der Waals surface area contributed by atoms with E-state index in [1.807, 2.05) is 0 Å². The van der Waals surface area contributed by atoms with Crippen molar-refractivity contribution in [2.24, 2.45) is 29.4 Å². The van der Waals surface area contributed by atoms with E-state index in [9.17, 15) is 0 Å². The van der Waals surface area contributed by atoms with Gasteiger partial charge >= 0.3 is 0 Å². The Kier molecular flexibility index (Phi) is 0.883. The molecule has 0 heterocycles. The van der Waals surface area contributed by atoms with Crippen LogP contribution in [-0.2, 0) is 0 Å². The molecule has 0 aromatic heterocycles. The molecule has 56 valence electrons. The molecule has 0 spiro atoms. The zero-order chi connectivity index (χ0) is 6.72. The van der Waals surface area contributed by atoms with E-state index in [1.165, 1.54) is 25.7 Å². The molecule has 2 unspecified atom stereocenters. The summed E-state index contributed by atoms with van der Waals surface area (Å²) in [6.45, 7) is 0. The Morgan fingerprint density at radius 3 is 2.40 bits per heavy atom. The average molecular weight is 137 g/mol. The molecule has 4 fully saturated rings. The summed E-state index contributed by atoms with van der Waals surface area (Å²) in [5.41, 5.74) is 6.04. The molecule has 1 heteroatoms. The van der Waals surface area contributed by atoms with Crippen molar-refractivity contribution in [2.45, 2.75) is 31.7 Å². The minimum absolute atomic E-state index is 0.586. The van der Waals surface area contributed by atoms with Gasteiger partial charge in [0.2, 0.25) is 0 Å². The van der Waals surface area contributed by atoms with Crippen LogP contribution in [-0.4, -0.2) is 6.04 Å². The molecule has 4 aliphatic rings. The number of fused-ring (bicyclic) bond motifs is 2. The molecule has 0 saturated heterocycles. The van der Waals surface area contributed by atoms with E-state index in [-0.39, 0.29) is 0 Å². The number of hydrogen-bond donors (Lipinski definition) is 1. The fourth-order valence-corrected chi connectivity index (χ4v) is 3.45. The highest BCUT2D eigenvalue weighted by Crippen LogP contribution is 2.61. The van der Waals surface area contributed by atoms with Gasteiger partial charge in [-0.25, -0.2) is 0 Å². The molecule has 4 rings (SSSR count). The first-order valence-corrected chi connectivity index (χ1v) is 4.62. The smallest absolute Gasteiger partial charge is 0.00726 e. The SMILES string of the molecule is N[C@@H]1C[C@H]2CCC1C1C[C@H]12. The zero-order valence-electron chi connectivity index (χ0n) is 6.29. The number of rotatable bonds is 0. The average Bonchev–Trinajstić information content (AvgIpc) is 2.66. The number of nitrogens with two attached hydrogens (primary N) is 1. The van der Waals surface area contributed by atoms with Crippen LogP contribution in [0, 0.1) is 23.7 Å². The quantitative estimate of drug-likeness (QED) is 0.536. The van der Waals surface area contributed by atoms with Gasteiger partial charge in [0.1, 0.15) is 0 Å². The Morgan fingerprint density at radius 2 is 1.80 bits per heavy atom. The van der Waals surface area contributed by atoms with Crippen LogP contribution >= 0.6 is 0 Å². The van der Waals surface area contributed by atoms with Gasteiger partial charge < -0.3 is 5.73 Å². The van der Waals surface area contributed by atoms with E-state index in [2.05, 4.69) is 0 Å². The summed E-state index contributed by atoms with van der Waals surface area (Å²) in [4.78, 5) is 0. The van der Waals surface area contributed by atoms with Gasteiger partial charge in [-0.2, -0.15) is 0 Å². The molecule has 2 bridgehead atoms. The maximum Gasteiger partial charge on any atom is 0.00726 e. The summed E-state index contributed by atoms with van der Waals surface area (Å²) >= 11 is 0. The maximum atomic E-state index is 6.04. The highest BCUT2D eigenvalue weighted by atomic mass is 14.7. The first kappa shape index (κ1) is 5.59. The van der Waals surface area contributed by atoms with Gasteiger partial charge in [-0.05, 0) is 49.4 Å². The van der Waals surface area contributed by atoms with E-state index >= 15 is 0 Å². The lowest BCUT2D eigenvalue weighted by atomic mass is 9.68. The monoisotopic (exact) mass is 137 g/mol. The fraction of sp³-hybridized carbons (Fsp3) is 1.00. The topological polar surface area (TPSA) is 26.0 Å². The molecule has 4 saturated carbocycles. The van der Waals surface area contributed by atoms with Crippen LogP contribution in [0.15, 0.2) is 0 Å². The van der Waals surface area contributed by atoms with Crippen molar-refractivity contribution in [1.82, 2.24) is 0 Å². The van der Waals surface area contributed by atoms with E-state index in [1.54, 1.807) is 0 Å². The maximum absolute atomic E-state index is 6.04. The lowest BCUT2D eigenvalue weighted by molar-refractivity contribution is 0.133. The van der Waals surface area contributed by atoms with Crippen LogP contribution < -0.4 is 5.73 Å². The molecule has 5 atom stereocenters. The zero-order valence-corrected chi connectivity index (χ0v) is 6.29. The normalized spacial score (nSPS) is 63.9. The van der Waals surface area contributed by atoms with Crippen molar-refractivity contribution >= 4 is 0 Å². The van der Waals surface area contributed by atoms with Crippen molar-refractivity contribution in [3.63, 3.8) is 0 Å². The van der Waals surface area contributed by atoms with Gasteiger partial charge in [-0.15, -0.1) is 0 Å². The van der Waals surface area contributed by atoms with E-state index in [4.69, 9.17) is 5.73 Å². The first-order chi connectivity index (χ1) is 4.86. The lowest BCUT2D eigenvalue weighted by Gasteiger charge is -2.40. The second-order valence-electron chi connectivity index (χ2n) is 4.46. The van der Waals surface area contributed by atoms with Gasteiger partial charge in [0.15, 0.2) is 0 Å². The van der Waals surface area contributed by atoms with Crippen molar-refractivity contribution in [2.75, 3.05) is 0 Å². The summed E-state index contributed by atoms with van der Waals surface area (Å²) in [5.74, 6) is 4.21. The van der Waals surface area contributed by atoms with Gasteiger partial charge in [0.05, 0.1) is 0 Å². The summed E-state index contributed by atoms with van der Waals surface area (Å²) in [6.07, 6.45) is 5.83. The minimum Gasteiger partial charge on any atom is -0.327 e. The Bertz CT molecular complexity index is 164. The molecule has 0 aromatic carbocycles.